The topological polar surface area (TPSA) is 55.4 Å². The standard InChI is InChI=1S/C19H15Cl2NO3S/c20-15-7-6-14(19(21)12-15)13-22-26(23,24)18-10-8-17(9-11-18)25-16-4-2-1-3-5-16/h1-12,22H,13H2. The Hall–Kier alpha value is -2.05. The highest BCUT2D eigenvalue weighted by atomic mass is 35.5. The van der Waals surface area contributed by atoms with Crippen molar-refractivity contribution < 1.29 is 13.2 Å². The molecule has 0 aliphatic carbocycles. The van der Waals surface area contributed by atoms with Crippen molar-refractivity contribution in [3.8, 4) is 11.5 Å². The fourth-order valence-corrected chi connectivity index (χ4v) is 3.71. The number of nitrogens with one attached hydrogen (secondary N) is 1. The van der Waals surface area contributed by atoms with Gasteiger partial charge in [0.1, 0.15) is 11.5 Å². The van der Waals surface area contributed by atoms with Gasteiger partial charge in [-0.05, 0) is 54.1 Å². The first-order chi connectivity index (χ1) is 12.4. The summed E-state index contributed by atoms with van der Waals surface area (Å²) in [6.45, 7) is 0.0700. The minimum atomic E-state index is -3.67. The third-order valence-corrected chi connectivity index (χ3v) is 5.58. The quantitative estimate of drug-likeness (QED) is 0.605. The summed E-state index contributed by atoms with van der Waals surface area (Å²) in [5, 5.41) is 0.905. The minimum absolute atomic E-state index is 0.0700. The fraction of sp³-hybridized carbons (Fsp3) is 0.0526. The van der Waals surface area contributed by atoms with E-state index in [2.05, 4.69) is 4.72 Å². The molecule has 0 amide bonds. The van der Waals surface area contributed by atoms with Gasteiger partial charge in [-0.3, -0.25) is 0 Å². The Balaban J connectivity index is 1.69. The van der Waals surface area contributed by atoms with Crippen LogP contribution in [0.4, 0.5) is 0 Å². The van der Waals surface area contributed by atoms with Gasteiger partial charge in [-0.2, -0.15) is 0 Å². The molecular weight excluding hydrogens is 393 g/mol. The lowest BCUT2D eigenvalue weighted by Crippen LogP contribution is -2.23. The Bertz CT molecular complexity index is 991. The molecule has 4 nitrogen and oxygen atoms in total. The third-order valence-electron chi connectivity index (χ3n) is 3.58. The lowest BCUT2D eigenvalue weighted by atomic mass is 10.2. The van der Waals surface area contributed by atoms with Crippen LogP contribution in [0.15, 0.2) is 77.7 Å². The van der Waals surface area contributed by atoms with Crippen molar-refractivity contribution in [2.45, 2.75) is 11.4 Å². The molecule has 0 radical (unpaired) electrons. The smallest absolute Gasteiger partial charge is 0.240 e. The van der Waals surface area contributed by atoms with Crippen molar-refractivity contribution in [3.05, 3.63) is 88.4 Å². The van der Waals surface area contributed by atoms with E-state index in [9.17, 15) is 8.42 Å². The number of rotatable bonds is 6. The van der Waals surface area contributed by atoms with E-state index < -0.39 is 10.0 Å². The van der Waals surface area contributed by atoms with Crippen LogP contribution in [-0.2, 0) is 16.6 Å². The molecule has 0 aromatic heterocycles. The first kappa shape index (κ1) is 18.7. The van der Waals surface area contributed by atoms with Gasteiger partial charge in [-0.25, -0.2) is 13.1 Å². The highest BCUT2D eigenvalue weighted by molar-refractivity contribution is 7.89. The number of ether oxygens (including phenoxy) is 1. The summed E-state index contributed by atoms with van der Waals surface area (Å²) in [5.74, 6) is 1.23. The Morgan fingerprint density at radius 1 is 0.846 bits per heavy atom. The molecular formula is C19H15Cl2NO3S. The van der Waals surface area contributed by atoms with Crippen LogP contribution < -0.4 is 9.46 Å². The minimum Gasteiger partial charge on any atom is -0.457 e. The third kappa shape index (κ3) is 4.77. The number of halogens is 2. The second-order valence-electron chi connectivity index (χ2n) is 5.45. The lowest BCUT2D eigenvalue weighted by Gasteiger charge is -2.10. The normalized spacial score (nSPS) is 11.3. The molecule has 3 rings (SSSR count). The first-order valence-electron chi connectivity index (χ1n) is 7.70. The molecule has 0 saturated carbocycles. The largest absolute Gasteiger partial charge is 0.457 e. The van der Waals surface area contributed by atoms with Crippen molar-refractivity contribution in [1.82, 2.24) is 4.72 Å². The summed E-state index contributed by atoms with van der Waals surface area (Å²) < 4.78 is 33.0. The predicted molar refractivity (Wildman–Crippen MR) is 103 cm³/mol. The molecule has 0 aliphatic heterocycles. The number of hydrogen-bond acceptors (Lipinski definition) is 3. The molecule has 1 N–H and O–H groups in total. The van der Waals surface area contributed by atoms with E-state index in [0.717, 1.165) is 0 Å². The summed E-state index contributed by atoms with van der Waals surface area (Å²) in [4.78, 5) is 0.142. The van der Waals surface area contributed by atoms with E-state index in [1.54, 1.807) is 30.3 Å². The molecule has 0 atom stereocenters. The zero-order chi connectivity index (χ0) is 18.6. The van der Waals surface area contributed by atoms with E-state index in [1.807, 2.05) is 30.3 Å². The Labute approximate surface area is 162 Å². The molecule has 0 spiro atoms. The van der Waals surface area contributed by atoms with Crippen LogP contribution in [0.5, 0.6) is 11.5 Å². The number of para-hydroxylation sites is 1. The Morgan fingerprint density at radius 3 is 2.15 bits per heavy atom. The second kappa shape index (κ2) is 8.10. The maximum atomic E-state index is 12.4. The van der Waals surface area contributed by atoms with E-state index in [0.29, 0.717) is 27.1 Å². The Morgan fingerprint density at radius 2 is 1.50 bits per heavy atom. The van der Waals surface area contributed by atoms with Crippen LogP contribution in [0, 0.1) is 0 Å². The average Bonchev–Trinajstić information content (AvgIpc) is 2.62. The van der Waals surface area contributed by atoms with E-state index in [1.165, 1.54) is 12.1 Å². The molecule has 26 heavy (non-hydrogen) atoms. The zero-order valence-electron chi connectivity index (χ0n) is 13.5. The van der Waals surface area contributed by atoms with Gasteiger partial charge in [0.05, 0.1) is 4.90 Å². The van der Waals surface area contributed by atoms with Crippen LogP contribution in [0.3, 0.4) is 0 Å². The molecule has 7 heteroatoms. The van der Waals surface area contributed by atoms with Crippen LogP contribution in [0.1, 0.15) is 5.56 Å². The van der Waals surface area contributed by atoms with Gasteiger partial charge in [0.2, 0.25) is 10.0 Å². The maximum absolute atomic E-state index is 12.4. The fourth-order valence-electron chi connectivity index (χ4n) is 2.23. The van der Waals surface area contributed by atoms with Crippen LogP contribution in [-0.4, -0.2) is 8.42 Å². The number of sulfonamides is 1. The van der Waals surface area contributed by atoms with Gasteiger partial charge >= 0.3 is 0 Å². The summed E-state index contributed by atoms with van der Waals surface area (Å²) >= 11 is 11.9. The molecule has 0 unspecified atom stereocenters. The van der Waals surface area contributed by atoms with Gasteiger partial charge in [-0.15, -0.1) is 0 Å². The summed E-state index contributed by atoms with van der Waals surface area (Å²) in [5.41, 5.74) is 0.642. The van der Waals surface area contributed by atoms with Crippen LogP contribution in [0.25, 0.3) is 0 Å². The van der Waals surface area contributed by atoms with Gasteiger partial charge < -0.3 is 4.74 Å². The first-order valence-corrected chi connectivity index (χ1v) is 9.94. The maximum Gasteiger partial charge on any atom is 0.240 e. The van der Waals surface area contributed by atoms with E-state index in [4.69, 9.17) is 27.9 Å². The molecule has 0 heterocycles. The van der Waals surface area contributed by atoms with E-state index in [-0.39, 0.29) is 11.4 Å². The van der Waals surface area contributed by atoms with Gasteiger partial charge in [-0.1, -0.05) is 47.5 Å². The van der Waals surface area contributed by atoms with Crippen molar-refractivity contribution in [1.29, 1.82) is 0 Å². The Kier molecular flexibility index (Phi) is 5.84. The molecule has 0 fully saturated rings. The van der Waals surface area contributed by atoms with Gasteiger partial charge in [0.15, 0.2) is 0 Å². The highest BCUT2D eigenvalue weighted by Crippen LogP contribution is 2.24. The molecule has 134 valence electrons. The van der Waals surface area contributed by atoms with Gasteiger partial charge in [0.25, 0.3) is 0 Å². The molecule has 0 aliphatic rings. The van der Waals surface area contributed by atoms with Crippen molar-refractivity contribution in [2.24, 2.45) is 0 Å². The second-order valence-corrected chi connectivity index (χ2v) is 8.06. The summed E-state index contributed by atoms with van der Waals surface area (Å²) in [7, 11) is -3.67. The molecule has 3 aromatic rings. The predicted octanol–water partition coefficient (Wildman–Crippen LogP) is 5.26. The number of hydrogen-bond donors (Lipinski definition) is 1. The van der Waals surface area contributed by atoms with Crippen molar-refractivity contribution in [2.75, 3.05) is 0 Å². The van der Waals surface area contributed by atoms with Gasteiger partial charge in [0, 0.05) is 16.6 Å². The average molecular weight is 408 g/mol. The summed E-state index contributed by atoms with van der Waals surface area (Å²) in [6, 6.07) is 20.4. The monoisotopic (exact) mass is 407 g/mol. The van der Waals surface area contributed by atoms with Crippen LogP contribution >= 0.6 is 23.2 Å². The zero-order valence-corrected chi connectivity index (χ0v) is 15.9. The van der Waals surface area contributed by atoms with Crippen molar-refractivity contribution >= 4 is 33.2 Å². The summed E-state index contributed by atoms with van der Waals surface area (Å²) in [6.07, 6.45) is 0. The molecule has 0 saturated heterocycles. The molecule has 3 aromatic carbocycles. The van der Waals surface area contributed by atoms with Crippen LogP contribution in [0.2, 0.25) is 10.0 Å². The highest BCUT2D eigenvalue weighted by Gasteiger charge is 2.14. The lowest BCUT2D eigenvalue weighted by molar-refractivity contribution is 0.482. The van der Waals surface area contributed by atoms with Crippen molar-refractivity contribution in [3.63, 3.8) is 0 Å². The van der Waals surface area contributed by atoms with E-state index >= 15 is 0 Å². The number of benzene rings is 3. The SMILES string of the molecule is O=S(=O)(NCc1ccc(Cl)cc1Cl)c1ccc(Oc2ccccc2)cc1. The molecule has 0 bridgehead atoms.